The zero-order valence-corrected chi connectivity index (χ0v) is 19.0. The molecular weight excluding hydrogens is 464 g/mol. The molecule has 2 aromatic heterocycles. The van der Waals surface area contributed by atoms with E-state index >= 15 is 0 Å². The van der Waals surface area contributed by atoms with Crippen molar-refractivity contribution in [2.24, 2.45) is 0 Å². The van der Waals surface area contributed by atoms with E-state index in [2.05, 4.69) is 10.4 Å². The molecule has 0 saturated heterocycles. The molecule has 6 nitrogen and oxygen atoms in total. The Balaban J connectivity index is 1.79. The van der Waals surface area contributed by atoms with Gasteiger partial charge in [0, 0.05) is 12.6 Å². The van der Waals surface area contributed by atoms with Crippen molar-refractivity contribution >= 4 is 16.9 Å². The van der Waals surface area contributed by atoms with Gasteiger partial charge in [-0.15, -0.1) is 0 Å². The van der Waals surface area contributed by atoms with Gasteiger partial charge in [-0.25, -0.2) is 9.07 Å². The Morgan fingerprint density at radius 3 is 2.26 bits per heavy atom. The minimum Gasteiger partial charge on any atom is -0.350 e. The molecule has 2 heterocycles. The second-order valence-corrected chi connectivity index (χ2v) is 8.10. The second-order valence-electron chi connectivity index (χ2n) is 8.10. The van der Waals surface area contributed by atoms with Crippen molar-refractivity contribution in [1.29, 1.82) is 0 Å². The summed E-state index contributed by atoms with van der Waals surface area (Å²) >= 11 is 0. The van der Waals surface area contributed by atoms with E-state index in [1.54, 1.807) is 12.1 Å². The summed E-state index contributed by atoms with van der Waals surface area (Å²) in [6, 6.07) is 13.0. The molecular formula is C25H22F4N4O2. The summed E-state index contributed by atoms with van der Waals surface area (Å²) in [6.45, 7) is 2.94. The first-order valence-electron chi connectivity index (χ1n) is 10.9. The molecule has 1 N–H and O–H groups in total. The van der Waals surface area contributed by atoms with Gasteiger partial charge in [-0.05, 0) is 48.7 Å². The van der Waals surface area contributed by atoms with Gasteiger partial charge in [-0.1, -0.05) is 31.2 Å². The Morgan fingerprint density at radius 2 is 1.66 bits per heavy atom. The first-order valence-corrected chi connectivity index (χ1v) is 10.9. The number of hydrogen-bond acceptors (Lipinski definition) is 3. The predicted molar refractivity (Wildman–Crippen MR) is 123 cm³/mol. The van der Waals surface area contributed by atoms with Gasteiger partial charge in [0.1, 0.15) is 18.0 Å². The number of halogens is 4. The Bertz CT molecular complexity index is 1440. The molecule has 0 fully saturated rings. The van der Waals surface area contributed by atoms with Crippen LogP contribution in [0.4, 0.5) is 17.6 Å². The molecule has 4 rings (SSSR count). The maximum atomic E-state index is 13.8. The fourth-order valence-corrected chi connectivity index (χ4v) is 3.89. The van der Waals surface area contributed by atoms with E-state index in [9.17, 15) is 27.2 Å². The highest BCUT2D eigenvalue weighted by molar-refractivity contribution is 5.86. The SMILES string of the molecule is CCc1ccc(-n2nc(C)c3c(C(F)(F)F)cc(=O)n(CC(=O)NCc4ccc(F)cc4)c32)cc1. The van der Waals surface area contributed by atoms with Gasteiger partial charge in [-0.3, -0.25) is 14.2 Å². The van der Waals surface area contributed by atoms with Crippen LogP contribution >= 0.6 is 0 Å². The van der Waals surface area contributed by atoms with E-state index in [0.717, 1.165) is 16.6 Å². The largest absolute Gasteiger partial charge is 0.417 e. The molecule has 182 valence electrons. The third-order valence-electron chi connectivity index (χ3n) is 5.69. The average molecular weight is 486 g/mol. The highest BCUT2D eigenvalue weighted by atomic mass is 19.4. The van der Waals surface area contributed by atoms with Crippen molar-refractivity contribution in [3.8, 4) is 5.69 Å². The molecule has 0 unspecified atom stereocenters. The summed E-state index contributed by atoms with van der Waals surface area (Å²) < 4.78 is 56.8. The normalized spacial score (nSPS) is 11.7. The van der Waals surface area contributed by atoms with Gasteiger partial charge in [0.15, 0.2) is 0 Å². The van der Waals surface area contributed by atoms with Crippen LogP contribution < -0.4 is 10.9 Å². The lowest BCUT2D eigenvalue weighted by molar-refractivity contribution is -0.136. The number of nitrogens with zero attached hydrogens (tertiary/aromatic N) is 3. The number of aryl methyl sites for hydroxylation is 2. The molecule has 1 amide bonds. The van der Waals surface area contributed by atoms with E-state index in [4.69, 9.17) is 0 Å². The van der Waals surface area contributed by atoms with Crippen LogP contribution in [-0.4, -0.2) is 20.3 Å². The monoisotopic (exact) mass is 486 g/mol. The van der Waals surface area contributed by atoms with Crippen LogP contribution in [0.2, 0.25) is 0 Å². The highest BCUT2D eigenvalue weighted by Gasteiger charge is 2.36. The number of fused-ring (bicyclic) bond motifs is 1. The summed E-state index contributed by atoms with van der Waals surface area (Å²) in [4.78, 5) is 25.5. The number of pyridine rings is 1. The van der Waals surface area contributed by atoms with Gasteiger partial charge in [0.25, 0.3) is 5.56 Å². The number of aromatic nitrogens is 3. The zero-order chi connectivity index (χ0) is 25.3. The fourth-order valence-electron chi connectivity index (χ4n) is 3.89. The minimum atomic E-state index is -4.79. The number of carbonyl (C=O) groups excluding carboxylic acids is 1. The van der Waals surface area contributed by atoms with Crippen LogP contribution in [0.1, 0.15) is 29.3 Å². The minimum absolute atomic E-state index is 0.0639. The zero-order valence-electron chi connectivity index (χ0n) is 19.0. The first-order chi connectivity index (χ1) is 16.6. The second kappa shape index (κ2) is 9.36. The molecule has 2 aromatic carbocycles. The summed E-state index contributed by atoms with van der Waals surface area (Å²) in [5.74, 6) is -1.02. The number of carbonyl (C=O) groups is 1. The molecule has 0 radical (unpaired) electrons. The molecule has 10 heteroatoms. The summed E-state index contributed by atoms with van der Waals surface area (Å²) in [7, 11) is 0. The Kier molecular flexibility index (Phi) is 6.47. The quantitative estimate of drug-likeness (QED) is 0.407. The third-order valence-corrected chi connectivity index (χ3v) is 5.69. The summed E-state index contributed by atoms with van der Waals surface area (Å²) in [5.41, 5.74) is -0.0186. The van der Waals surface area contributed by atoms with Gasteiger partial charge >= 0.3 is 6.18 Å². The Labute approximate surface area is 197 Å². The lowest BCUT2D eigenvalue weighted by atomic mass is 10.1. The third kappa shape index (κ3) is 4.96. The number of hydrogen-bond donors (Lipinski definition) is 1. The first kappa shape index (κ1) is 24.2. The van der Waals surface area contributed by atoms with Crippen LogP contribution in [0, 0.1) is 12.7 Å². The van der Waals surface area contributed by atoms with Crippen molar-refractivity contribution in [2.75, 3.05) is 0 Å². The van der Waals surface area contributed by atoms with Crippen LogP contribution in [0.3, 0.4) is 0 Å². The van der Waals surface area contributed by atoms with Crippen molar-refractivity contribution in [3.63, 3.8) is 0 Å². The van der Waals surface area contributed by atoms with Crippen molar-refractivity contribution in [3.05, 3.63) is 93.2 Å². The molecule has 4 aromatic rings. The predicted octanol–water partition coefficient (Wildman–Crippen LogP) is 4.53. The maximum Gasteiger partial charge on any atom is 0.417 e. The van der Waals surface area contributed by atoms with Gasteiger partial charge in [-0.2, -0.15) is 18.3 Å². The van der Waals surface area contributed by atoms with E-state index in [1.807, 2.05) is 19.1 Å². The highest BCUT2D eigenvalue weighted by Crippen LogP contribution is 2.36. The molecule has 0 atom stereocenters. The van der Waals surface area contributed by atoms with Crippen molar-refractivity contribution in [2.45, 2.75) is 39.5 Å². The van der Waals surface area contributed by atoms with Gasteiger partial charge in [0.05, 0.1) is 22.3 Å². The lowest BCUT2D eigenvalue weighted by Crippen LogP contribution is -2.33. The molecule has 35 heavy (non-hydrogen) atoms. The van der Waals surface area contributed by atoms with Crippen LogP contribution in [0.5, 0.6) is 0 Å². The smallest absolute Gasteiger partial charge is 0.350 e. The topological polar surface area (TPSA) is 68.9 Å². The Morgan fingerprint density at radius 1 is 1.03 bits per heavy atom. The standard InChI is InChI=1S/C25H22F4N4O2/c1-3-16-6-10-19(11-7-16)33-24-23(15(2)31-33)20(25(27,28)29)12-22(35)32(24)14-21(34)30-13-17-4-8-18(26)9-5-17/h4-12H,3,13-14H2,1-2H3,(H,30,34). The van der Waals surface area contributed by atoms with E-state index < -0.39 is 35.6 Å². The van der Waals surface area contributed by atoms with E-state index in [-0.39, 0.29) is 23.3 Å². The molecule has 0 aliphatic heterocycles. The lowest BCUT2D eigenvalue weighted by Gasteiger charge is -2.15. The number of alkyl halides is 3. The molecule has 0 aliphatic rings. The van der Waals surface area contributed by atoms with Gasteiger partial charge in [0.2, 0.25) is 5.91 Å². The molecule has 0 spiro atoms. The number of rotatable bonds is 6. The molecule has 0 bridgehead atoms. The molecule has 0 aliphatic carbocycles. The van der Waals surface area contributed by atoms with E-state index in [1.165, 1.54) is 35.9 Å². The van der Waals surface area contributed by atoms with Crippen LogP contribution in [0.25, 0.3) is 16.7 Å². The van der Waals surface area contributed by atoms with Crippen LogP contribution in [0.15, 0.2) is 59.4 Å². The fraction of sp³-hybridized carbons (Fsp3) is 0.240. The number of benzene rings is 2. The number of nitrogens with one attached hydrogen (secondary N) is 1. The van der Waals surface area contributed by atoms with Crippen molar-refractivity contribution in [1.82, 2.24) is 19.7 Å². The summed E-state index contributed by atoms with van der Waals surface area (Å²) in [5, 5.41) is 6.65. The Hall–Kier alpha value is -3.95. The maximum absolute atomic E-state index is 13.8. The van der Waals surface area contributed by atoms with Gasteiger partial charge < -0.3 is 5.32 Å². The summed E-state index contributed by atoms with van der Waals surface area (Å²) in [6.07, 6.45) is -4.01. The number of amides is 1. The molecule has 0 saturated carbocycles. The average Bonchev–Trinajstić information content (AvgIpc) is 3.16. The van der Waals surface area contributed by atoms with Crippen molar-refractivity contribution < 1.29 is 22.4 Å². The van der Waals surface area contributed by atoms with Crippen LogP contribution in [-0.2, 0) is 30.5 Å². The van der Waals surface area contributed by atoms with E-state index in [0.29, 0.717) is 17.3 Å².